The topological polar surface area (TPSA) is 72.8 Å². The first-order valence-electron chi connectivity index (χ1n) is 5.85. The van der Waals surface area contributed by atoms with Crippen LogP contribution < -0.4 is 9.62 Å². The zero-order chi connectivity index (χ0) is 13.5. The third kappa shape index (κ3) is 4.03. The second-order valence-electron chi connectivity index (χ2n) is 3.92. The summed E-state index contributed by atoms with van der Waals surface area (Å²) in [5.41, 5.74) is 0.226. The highest BCUT2D eigenvalue weighted by Gasteiger charge is 2.15. The molecule has 0 heterocycles. The van der Waals surface area contributed by atoms with E-state index in [9.17, 15) is 9.90 Å². The minimum absolute atomic E-state index is 0.0682. The quantitative estimate of drug-likeness (QED) is 0.491. The minimum Gasteiger partial charge on any atom is -0.508 e. The third-order valence-electron chi connectivity index (χ3n) is 2.44. The lowest BCUT2D eigenvalue weighted by atomic mass is 10.2. The summed E-state index contributed by atoms with van der Waals surface area (Å²) < 4.78 is 1.01. The lowest BCUT2D eigenvalue weighted by molar-refractivity contribution is 0.249. The number of hydrogen-bond donors (Lipinski definition) is 4. The lowest BCUT2D eigenvalue weighted by Crippen LogP contribution is -2.34. The van der Waals surface area contributed by atoms with Crippen molar-refractivity contribution >= 4 is 24.5 Å². The van der Waals surface area contributed by atoms with E-state index in [1.54, 1.807) is 0 Å². The molecule has 0 aliphatic carbocycles. The maximum Gasteiger partial charge on any atom is 0.332 e. The van der Waals surface area contributed by atoms with Gasteiger partial charge in [0.05, 0.1) is 5.69 Å². The molecule has 18 heavy (non-hydrogen) atoms. The Morgan fingerprint density at radius 3 is 2.72 bits per heavy atom. The molecule has 0 atom stereocenters. The number of amides is 2. The van der Waals surface area contributed by atoms with Crippen molar-refractivity contribution in [3.05, 3.63) is 18.2 Å². The highest BCUT2D eigenvalue weighted by molar-refractivity contribution is 7.82. The predicted molar refractivity (Wildman–Crippen MR) is 74.2 cm³/mol. The Kier molecular flexibility index (Phi) is 5.64. The molecule has 1 aromatic carbocycles. The molecule has 1 rings (SSSR count). The number of carbonyl (C=O) groups excluding carboxylic acids is 1. The fourth-order valence-corrected chi connectivity index (χ4v) is 1.69. The van der Waals surface area contributed by atoms with Gasteiger partial charge in [-0.05, 0) is 18.6 Å². The van der Waals surface area contributed by atoms with E-state index in [2.05, 4.69) is 25.1 Å². The van der Waals surface area contributed by atoms with Gasteiger partial charge in [0, 0.05) is 12.6 Å². The van der Waals surface area contributed by atoms with E-state index in [1.807, 2.05) is 0 Å². The van der Waals surface area contributed by atoms with Gasteiger partial charge < -0.3 is 15.5 Å². The van der Waals surface area contributed by atoms with Crippen LogP contribution in [0.4, 0.5) is 10.5 Å². The molecule has 0 saturated heterocycles. The van der Waals surface area contributed by atoms with Crippen LogP contribution in [0.2, 0.25) is 0 Å². The van der Waals surface area contributed by atoms with Crippen molar-refractivity contribution < 1.29 is 15.0 Å². The molecule has 100 valence electrons. The highest BCUT2D eigenvalue weighted by atomic mass is 32.1. The molecule has 3 N–H and O–H groups in total. The number of urea groups is 1. The average molecular weight is 270 g/mol. The maximum absolute atomic E-state index is 11.7. The fourth-order valence-electron chi connectivity index (χ4n) is 1.45. The van der Waals surface area contributed by atoms with E-state index in [0.717, 1.165) is 29.6 Å². The van der Waals surface area contributed by atoms with Crippen molar-refractivity contribution in [2.75, 3.05) is 10.8 Å². The van der Waals surface area contributed by atoms with Crippen molar-refractivity contribution in [2.24, 2.45) is 0 Å². The average Bonchev–Trinajstić information content (AvgIpc) is 2.33. The first-order valence-corrected chi connectivity index (χ1v) is 6.25. The van der Waals surface area contributed by atoms with Crippen molar-refractivity contribution in [1.29, 1.82) is 0 Å². The van der Waals surface area contributed by atoms with E-state index in [0.29, 0.717) is 6.54 Å². The number of unbranched alkanes of at least 4 members (excludes halogenated alkanes) is 2. The van der Waals surface area contributed by atoms with Crippen LogP contribution in [0.5, 0.6) is 11.5 Å². The van der Waals surface area contributed by atoms with Crippen molar-refractivity contribution in [1.82, 2.24) is 5.32 Å². The largest absolute Gasteiger partial charge is 0.508 e. The Hall–Kier alpha value is -1.56. The number of aromatic hydroxyl groups is 2. The second-order valence-corrected chi connectivity index (χ2v) is 4.32. The van der Waals surface area contributed by atoms with Gasteiger partial charge in [0.25, 0.3) is 0 Å². The molecule has 0 spiro atoms. The van der Waals surface area contributed by atoms with Gasteiger partial charge >= 0.3 is 6.03 Å². The van der Waals surface area contributed by atoms with E-state index in [4.69, 9.17) is 5.11 Å². The molecular formula is C12H18N2O3S. The molecular weight excluding hydrogens is 252 g/mol. The molecule has 6 heteroatoms. The van der Waals surface area contributed by atoms with Crippen LogP contribution in [0.1, 0.15) is 26.2 Å². The SMILES string of the molecule is CCCCCNC(=O)N(S)c1ccc(O)cc1O. The molecule has 0 saturated carbocycles. The van der Waals surface area contributed by atoms with E-state index < -0.39 is 6.03 Å². The van der Waals surface area contributed by atoms with Crippen LogP contribution in [0, 0.1) is 0 Å². The van der Waals surface area contributed by atoms with Crippen molar-refractivity contribution in [2.45, 2.75) is 26.2 Å². The molecule has 0 aliphatic heterocycles. The van der Waals surface area contributed by atoms with Gasteiger partial charge in [0.1, 0.15) is 11.5 Å². The summed E-state index contributed by atoms with van der Waals surface area (Å²) in [6.45, 7) is 2.66. The van der Waals surface area contributed by atoms with Crippen LogP contribution in [0.3, 0.4) is 0 Å². The van der Waals surface area contributed by atoms with Crippen molar-refractivity contribution in [3.8, 4) is 11.5 Å². The molecule has 0 aromatic heterocycles. The van der Waals surface area contributed by atoms with Gasteiger partial charge in [-0.3, -0.25) is 0 Å². The summed E-state index contributed by atoms with van der Waals surface area (Å²) in [6, 6.07) is 3.55. The van der Waals surface area contributed by atoms with E-state index in [-0.39, 0.29) is 17.2 Å². The van der Waals surface area contributed by atoms with E-state index in [1.165, 1.54) is 12.1 Å². The zero-order valence-electron chi connectivity index (χ0n) is 10.3. The van der Waals surface area contributed by atoms with Gasteiger partial charge in [-0.2, -0.15) is 0 Å². The summed E-state index contributed by atoms with van der Waals surface area (Å²) in [5.74, 6) is -0.268. The minimum atomic E-state index is -0.407. The molecule has 0 unspecified atom stereocenters. The van der Waals surface area contributed by atoms with Gasteiger partial charge in [-0.15, -0.1) is 0 Å². The first kappa shape index (κ1) is 14.5. The number of rotatable bonds is 5. The van der Waals surface area contributed by atoms with Crippen LogP contribution in [0.15, 0.2) is 18.2 Å². The second kappa shape index (κ2) is 7.00. The Bertz CT molecular complexity index is 412. The molecule has 0 bridgehead atoms. The Labute approximate surface area is 112 Å². The Balaban J connectivity index is 2.57. The first-order chi connectivity index (χ1) is 8.56. The number of phenols is 2. The standard InChI is InChI=1S/C12H18N2O3S/c1-2-3-4-7-13-12(17)14(18)10-6-5-9(15)8-11(10)16/h5-6,8,15-16,18H,2-4,7H2,1H3,(H,13,17). The number of benzene rings is 1. The summed E-state index contributed by atoms with van der Waals surface area (Å²) in [5, 5.41) is 21.4. The van der Waals surface area contributed by atoms with Crippen LogP contribution in [0.25, 0.3) is 0 Å². The number of thiol groups is 1. The van der Waals surface area contributed by atoms with Crippen LogP contribution >= 0.6 is 12.8 Å². The van der Waals surface area contributed by atoms with Gasteiger partial charge in [-0.1, -0.05) is 32.6 Å². The van der Waals surface area contributed by atoms with Crippen molar-refractivity contribution in [3.63, 3.8) is 0 Å². The predicted octanol–water partition coefficient (Wildman–Crippen LogP) is 2.65. The number of nitrogens with zero attached hydrogens (tertiary/aromatic N) is 1. The summed E-state index contributed by atoms with van der Waals surface area (Å²) in [7, 11) is 0. The van der Waals surface area contributed by atoms with Crippen LogP contribution in [-0.2, 0) is 0 Å². The Morgan fingerprint density at radius 2 is 2.11 bits per heavy atom. The molecule has 0 fully saturated rings. The van der Waals surface area contributed by atoms with Gasteiger partial charge in [0.2, 0.25) is 0 Å². The maximum atomic E-state index is 11.7. The summed E-state index contributed by atoms with van der Waals surface area (Å²) >= 11 is 4.02. The number of phenolic OH excluding ortho intramolecular Hbond substituents is 2. The molecule has 0 aliphatic rings. The van der Waals surface area contributed by atoms with Gasteiger partial charge in [0.15, 0.2) is 0 Å². The lowest BCUT2D eigenvalue weighted by Gasteiger charge is -2.17. The molecule has 5 nitrogen and oxygen atoms in total. The third-order valence-corrected chi connectivity index (χ3v) is 2.83. The Morgan fingerprint density at radius 1 is 1.39 bits per heavy atom. The molecule has 0 radical (unpaired) electrons. The van der Waals surface area contributed by atoms with Gasteiger partial charge in [-0.25, -0.2) is 9.10 Å². The molecule has 1 aromatic rings. The molecule has 2 amide bonds. The van der Waals surface area contributed by atoms with E-state index >= 15 is 0 Å². The zero-order valence-corrected chi connectivity index (χ0v) is 11.2. The number of nitrogens with one attached hydrogen (secondary N) is 1. The summed E-state index contributed by atoms with van der Waals surface area (Å²) in [6.07, 6.45) is 3.04. The van der Waals surface area contributed by atoms with Crippen LogP contribution in [-0.4, -0.2) is 22.8 Å². The fraction of sp³-hybridized carbons (Fsp3) is 0.417. The number of carbonyl (C=O) groups is 1. The highest BCUT2D eigenvalue weighted by Crippen LogP contribution is 2.31. The number of hydrogen-bond acceptors (Lipinski definition) is 4. The summed E-state index contributed by atoms with van der Waals surface area (Å²) in [4.78, 5) is 11.7. The smallest absolute Gasteiger partial charge is 0.332 e. The normalized spacial score (nSPS) is 10.1. The number of anilines is 1. The monoisotopic (exact) mass is 270 g/mol.